The van der Waals surface area contributed by atoms with Crippen LogP contribution in [-0.2, 0) is 23.7 Å². The summed E-state index contributed by atoms with van der Waals surface area (Å²) < 4.78 is 23.0. The second kappa shape index (κ2) is 64.4. The highest BCUT2D eigenvalue weighted by molar-refractivity contribution is 5.76. The van der Waals surface area contributed by atoms with E-state index in [4.69, 9.17) is 18.9 Å². The molecule has 0 bridgehead atoms. The standard InChI is InChI=1S/C79H155NO13/c1-3-5-7-9-11-13-15-17-19-21-23-24-25-26-27-28-29-30-31-32-33-34-35-36-37-38-39-40-41-42-43-45-47-49-51-53-55-57-59-61-63-71(84)80-67(68(83)62-60-58-56-54-52-50-48-46-44-22-20-18-16-14-12-10-8-6-4-2)66-90-78-76(89)74(87)77(70(65-82)92-78)93-79-75(88)73(86)72(85)69(64-81)91-79/h67-70,72-79,81-83,85-89H,3-66H2,1-2H3,(H,80,84). The lowest BCUT2D eigenvalue weighted by Gasteiger charge is -2.46. The molecule has 14 nitrogen and oxygen atoms in total. The first kappa shape index (κ1) is 88.1. The molecule has 0 spiro atoms. The number of rotatable bonds is 70. The maximum absolute atomic E-state index is 13.4. The number of nitrogens with one attached hydrogen (secondary N) is 1. The quantitative estimate of drug-likeness (QED) is 0.0259. The summed E-state index contributed by atoms with van der Waals surface area (Å²) in [5.74, 6) is -0.196. The lowest BCUT2D eigenvalue weighted by molar-refractivity contribution is -0.359. The molecule has 12 atom stereocenters. The van der Waals surface area contributed by atoms with Crippen LogP contribution >= 0.6 is 0 Å². The number of unbranched alkanes of at least 4 members (excludes halogenated alkanes) is 57. The monoisotopic (exact) mass is 1330 g/mol. The molecule has 2 heterocycles. The summed E-state index contributed by atoms with van der Waals surface area (Å²) in [5.41, 5.74) is 0. The molecule has 12 unspecified atom stereocenters. The van der Waals surface area contributed by atoms with Crippen LogP contribution in [0.5, 0.6) is 0 Å². The summed E-state index contributed by atoms with van der Waals surface area (Å²) in [6, 6.07) is -0.825. The van der Waals surface area contributed by atoms with Crippen LogP contribution in [0.15, 0.2) is 0 Å². The van der Waals surface area contributed by atoms with Crippen LogP contribution in [-0.4, -0.2) is 140 Å². The van der Waals surface area contributed by atoms with Crippen LogP contribution in [0.25, 0.3) is 0 Å². The van der Waals surface area contributed by atoms with Crippen molar-refractivity contribution in [3.05, 3.63) is 0 Å². The predicted octanol–water partition coefficient (Wildman–Crippen LogP) is 18.3. The zero-order valence-electron chi connectivity index (χ0n) is 60.8. The Kier molecular flexibility index (Phi) is 61.0. The van der Waals surface area contributed by atoms with Gasteiger partial charge in [-0.2, -0.15) is 0 Å². The lowest BCUT2D eigenvalue weighted by Crippen LogP contribution is -2.65. The van der Waals surface area contributed by atoms with Gasteiger partial charge in [0.2, 0.25) is 5.91 Å². The number of ether oxygens (including phenoxy) is 4. The van der Waals surface area contributed by atoms with Gasteiger partial charge in [-0.3, -0.25) is 4.79 Å². The van der Waals surface area contributed by atoms with Crippen LogP contribution in [0.2, 0.25) is 0 Å². The Morgan fingerprint density at radius 2 is 0.613 bits per heavy atom. The Bertz CT molecular complexity index is 1560. The maximum atomic E-state index is 13.4. The van der Waals surface area contributed by atoms with Gasteiger partial charge in [0.05, 0.1) is 32.0 Å². The third-order valence-corrected chi connectivity index (χ3v) is 20.6. The van der Waals surface area contributed by atoms with Crippen molar-refractivity contribution in [2.75, 3.05) is 19.8 Å². The van der Waals surface area contributed by atoms with Crippen LogP contribution in [0.4, 0.5) is 0 Å². The lowest BCUT2D eigenvalue weighted by atomic mass is 9.97. The molecule has 2 rings (SSSR count). The van der Waals surface area contributed by atoms with Gasteiger partial charge in [0, 0.05) is 6.42 Å². The Balaban J connectivity index is 1.53. The van der Waals surface area contributed by atoms with Crippen LogP contribution in [0.3, 0.4) is 0 Å². The fourth-order valence-corrected chi connectivity index (χ4v) is 14.1. The van der Waals surface area contributed by atoms with E-state index in [-0.39, 0.29) is 12.5 Å². The van der Waals surface area contributed by atoms with E-state index in [1.165, 1.54) is 327 Å². The van der Waals surface area contributed by atoms with E-state index < -0.39 is 86.8 Å². The first-order valence-corrected chi connectivity index (χ1v) is 40.8. The highest BCUT2D eigenvalue weighted by atomic mass is 16.7. The number of amides is 1. The normalized spacial score (nSPS) is 22.4. The van der Waals surface area contributed by atoms with Gasteiger partial charge in [0.25, 0.3) is 0 Å². The molecule has 93 heavy (non-hydrogen) atoms. The molecule has 0 aromatic heterocycles. The molecule has 0 aromatic carbocycles. The van der Waals surface area contributed by atoms with E-state index in [2.05, 4.69) is 19.2 Å². The summed E-state index contributed by atoms with van der Waals surface area (Å²) in [6.45, 7) is 2.94. The van der Waals surface area contributed by atoms with Crippen molar-refractivity contribution in [3.8, 4) is 0 Å². The van der Waals surface area contributed by atoms with E-state index in [0.717, 1.165) is 51.4 Å². The number of aliphatic hydroxyl groups excluding tert-OH is 8. The molecular weight excluding hydrogens is 1170 g/mol. The van der Waals surface area contributed by atoms with Gasteiger partial charge in [-0.15, -0.1) is 0 Å². The van der Waals surface area contributed by atoms with Gasteiger partial charge in [-0.05, 0) is 12.8 Å². The topological polar surface area (TPSA) is 228 Å². The maximum Gasteiger partial charge on any atom is 0.220 e. The average molecular weight is 1330 g/mol. The number of carbonyl (C=O) groups is 1. The summed E-state index contributed by atoms with van der Waals surface area (Å²) in [7, 11) is 0. The van der Waals surface area contributed by atoms with Gasteiger partial charge in [0.1, 0.15) is 48.8 Å². The first-order valence-electron chi connectivity index (χ1n) is 40.8. The molecule has 2 fully saturated rings. The molecule has 2 aliphatic rings. The zero-order valence-corrected chi connectivity index (χ0v) is 60.8. The summed E-state index contributed by atoms with van der Waals surface area (Å²) in [6.07, 6.45) is 63.2. The fraction of sp³-hybridized carbons (Fsp3) is 0.987. The molecule has 0 saturated carbocycles. The van der Waals surface area contributed by atoms with Crippen molar-refractivity contribution in [1.29, 1.82) is 0 Å². The number of aliphatic hydroxyl groups is 8. The Morgan fingerprint density at radius 3 is 0.914 bits per heavy atom. The highest BCUT2D eigenvalue weighted by Gasteiger charge is 2.51. The van der Waals surface area contributed by atoms with Crippen LogP contribution in [0.1, 0.15) is 406 Å². The molecule has 9 N–H and O–H groups in total. The molecular formula is C79H155NO13. The molecule has 0 radical (unpaired) electrons. The van der Waals surface area contributed by atoms with Crippen molar-refractivity contribution in [3.63, 3.8) is 0 Å². The largest absolute Gasteiger partial charge is 0.394 e. The molecule has 0 aromatic rings. The van der Waals surface area contributed by atoms with Crippen molar-refractivity contribution < 1.29 is 64.6 Å². The smallest absolute Gasteiger partial charge is 0.220 e. The summed E-state index contributed by atoms with van der Waals surface area (Å²) in [4.78, 5) is 13.4. The minimum absolute atomic E-state index is 0.196. The third-order valence-electron chi connectivity index (χ3n) is 20.6. The Labute approximate surface area is 572 Å². The van der Waals surface area contributed by atoms with E-state index in [0.29, 0.717) is 12.8 Å². The fourth-order valence-electron chi connectivity index (χ4n) is 14.1. The predicted molar refractivity (Wildman–Crippen MR) is 383 cm³/mol. The Morgan fingerprint density at radius 1 is 0.344 bits per heavy atom. The van der Waals surface area contributed by atoms with Crippen molar-refractivity contribution in [1.82, 2.24) is 5.32 Å². The van der Waals surface area contributed by atoms with E-state index in [1.54, 1.807) is 0 Å². The minimum atomic E-state index is -1.78. The van der Waals surface area contributed by atoms with Crippen molar-refractivity contribution in [2.24, 2.45) is 0 Å². The number of hydrogen-bond acceptors (Lipinski definition) is 13. The van der Waals surface area contributed by atoms with Gasteiger partial charge in [-0.1, -0.05) is 386 Å². The minimum Gasteiger partial charge on any atom is -0.394 e. The summed E-state index contributed by atoms with van der Waals surface area (Å²) >= 11 is 0. The summed E-state index contributed by atoms with van der Waals surface area (Å²) in [5, 5.41) is 87.7. The molecule has 1 amide bonds. The van der Waals surface area contributed by atoms with E-state index >= 15 is 0 Å². The van der Waals surface area contributed by atoms with Gasteiger partial charge in [-0.25, -0.2) is 0 Å². The average Bonchev–Trinajstić information content (AvgIpc) is 0.855. The Hall–Kier alpha value is -1.01. The van der Waals surface area contributed by atoms with E-state index in [9.17, 15) is 45.6 Å². The van der Waals surface area contributed by atoms with Crippen molar-refractivity contribution in [2.45, 2.75) is 479 Å². The molecule has 14 heteroatoms. The second-order valence-corrected chi connectivity index (χ2v) is 29.3. The molecule has 554 valence electrons. The SMILES string of the molecule is CCCCCCCCCCCCCCCCCCCCCCCCCCCCCCCCCCCCCCCCCCC(=O)NC(COC1OC(CO)C(OC2OC(CO)C(O)C(O)C2O)C(O)C1O)C(O)CCCCCCCCCCCCCCCCCCCCC. The zero-order chi connectivity index (χ0) is 67.3. The molecule has 0 aliphatic carbocycles. The molecule has 2 aliphatic heterocycles. The van der Waals surface area contributed by atoms with E-state index in [1.807, 2.05) is 0 Å². The van der Waals surface area contributed by atoms with Gasteiger partial charge >= 0.3 is 0 Å². The van der Waals surface area contributed by atoms with Gasteiger partial charge < -0.3 is 65.1 Å². The number of hydrogen-bond donors (Lipinski definition) is 9. The van der Waals surface area contributed by atoms with Gasteiger partial charge in [0.15, 0.2) is 12.6 Å². The molecule has 2 saturated heterocycles. The van der Waals surface area contributed by atoms with Crippen molar-refractivity contribution >= 4 is 5.91 Å². The highest BCUT2D eigenvalue weighted by Crippen LogP contribution is 2.31. The third kappa shape index (κ3) is 47.6. The van der Waals surface area contributed by atoms with Crippen LogP contribution < -0.4 is 5.32 Å². The second-order valence-electron chi connectivity index (χ2n) is 29.3. The number of carbonyl (C=O) groups excluding carboxylic acids is 1. The first-order chi connectivity index (χ1) is 45.6. The van der Waals surface area contributed by atoms with Crippen LogP contribution in [0, 0.1) is 0 Å².